The van der Waals surface area contributed by atoms with Gasteiger partial charge in [-0.1, -0.05) is 66.7 Å². The fraction of sp³-hybridized carbons (Fsp3) is 0.182. The van der Waals surface area contributed by atoms with E-state index in [1.165, 1.54) is 0 Å². The molecule has 0 unspecified atom stereocenters. The van der Waals surface area contributed by atoms with E-state index in [-0.39, 0.29) is 12.2 Å². The van der Waals surface area contributed by atoms with Crippen molar-refractivity contribution in [1.82, 2.24) is 0 Å². The van der Waals surface area contributed by atoms with Crippen molar-refractivity contribution in [2.75, 3.05) is 0 Å². The van der Waals surface area contributed by atoms with Gasteiger partial charge in [0.2, 0.25) is 0 Å². The third-order valence-corrected chi connectivity index (χ3v) is 3.69. The third kappa shape index (κ3) is 6.40. The quantitative estimate of drug-likeness (QED) is 0.423. The second kappa shape index (κ2) is 9.99. The number of benzene rings is 2. The molecule has 0 bridgehead atoms. The molecule has 2 aromatic carbocycles. The molecule has 0 fully saturated rings. The Morgan fingerprint density at radius 2 is 1.38 bits per heavy atom. The number of carbonyl (C=O) groups excluding carboxylic acids is 2. The number of hydrogen-bond acceptors (Lipinski definition) is 4. The molecule has 4 nitrogen and oxygen atoms in total. The summed E-state index contributed by atoms with van der Waals surface area (Å²) in [5.41, 5.74) is 2.71. The van der Waals surface area contributed by atoms with Gasteiger partial charge in [-0.25, -0.2) is 9.59 Å². The lowest BCUT2D eigenvalue weighted by Crippen LogP contribution is -2.08. The Kier molecular flexibility index (Phi) is 7.37. The Balaban J connectivity index is 1.82. The zero-order valence-electron chi connectivity index (χ0n) is 15.0. The van der Waals surface area contributed by atoms with Crippen LogP contribution >= 0.6 is 0 Å². The average Bonchev–Trinajstić information content (AvgIpc) is 2.69. The van der Waals surface area contributed by atoms with Crippen molar-refractivity contribution < 1.29 is 19.1 Å². The first-order chi connectivity index (χ1) is 12.6. The minimum absolute atomic E-state index is 0.175. The molecule has 0 aliphatic heterocycles. The molecule has 0 N–H and O–H groups in total. The molecule has 0 atom stereocenters. The van der Waals surface area contributed by atoms with E-state index < -0.39 is 11.9 Å². The molecule has 2 aromatic rings. The van der Waals surface area contributed by atoms with Crippen molar-refractivity contribution in [3.05, 3.63) is 95.3 Å². The Morgan fingerprint density at radius 3 is 2.00 bits per heavy atom. The summed E-state index contributed by atoms with van der Waals surface area (Å²) in [6, 6.07) is 19.2. The maximum Gasteiger partial charge on any atom is 0.338 e. The summed E-state index contributed by atoms with van der Waals surface area (Å²) in [6.45, 7) is 3.40. The summed E-state index contributed by atoms with van der Waals surface area (Å²) in [7, 11) is 0. The van der Waals surface area contributed by atoms with Gasteiger partial charge >= 0.3 is 11.9 Å². The first-order valence-electron chi connectivity index (χ1n) is 8.35. The maximum atomic E-state index is 12.0. The van der Waals surface area contributed by atoms with E-state index in [1.54, 1.807) is 19.9 Å². The van der Waals surface area contributed by atoms with Gasteiger partial charge in [-0.3, -0.25) is 0 Å². The molecule has 0 saturated carbocycles. The van der Waals surface area contributed by atoms with Crippen LogP contribution in [0.1, 0.15) is 25.0 Å². The average molecular weight is 350 g/mol. The lowest BCUT2D eigenvalue weighted by atomic mass is 10.1. The number of carbonyl (C=O) groups is 2. The molecule has 0 aliphatic carbocycles. The van der Waals surface area contributed by atoms with Gasteiger partial charge in [-0.15, -0.1) is 0 Å². The Hall–Kier alpha value is -3.14. The van der Waals surface area contributed by atoms with Crippen LogP contribution in [0.5, 0.6) is 0 Å². The van der Waals surface area contributed by atoms with Gasteiger partial charge in [0.05, 0.1) is 5.57 Å². The van der Waals surface area contributed by atoms with E-state index in [0.29, 0.717) is 12.0 Å². The van der Waals surface area contributed by atoms with Crippen LogP contribution in [0.4, 0.5) is 0 Å². The fourth-order valence-corrected chi connectivity index (χ4v) is 2.09. The smallest absolute Gasteiger partial charge is 0.338 e. The number of allylic oxidation sites excluding steroid dienone is 1. The highest BCUT2D eigenvalue weighted by molar-refractivity contribution is 5.90. The molecular formula is C22H22O4. The molecular weight excluding hydrogens is 328 g/mol. The SMILES string of the molecule is CC(=CCc1ccccc1)C(=O)OC=C(C)C(=O)OCc1ccccc1. The third-order valence-electron chi connectivity index (χ3n) is 3.69. The lowest BCUT2D eigenvalue weighted by molar-refractivity contribution is -0.140. The Morgan fingerprint density at radius 1 is 0.808 bits per heavy atom. The van der Waals surface area contributed by atoms with Crippen LogP contribution in [0.2, 0.25) is 0 Å². The largest absolute Gasteiger partial charge is 0.457 e. The molecule has 2 rings (SSSR count). The van der Waals surface area contributed by atoms with Gasteiger partial charge in [-0.05, 0) is 31.4 Å². The Bertz CT molecular complexity index is 789. The Labute approximate surface area is 153 Å². The first-order valence-corrected chi connectivity index (χ1v) is 8.35. The van der Waals surface area contributed by atoms with Crippen LogP contribution in [0.15, 0.2) is 84.1 Å². The molecule has 0 aliphatic rings. The highest BCUT2D eigenvalue weighted by atomic mass is 16.5. The number of esters is 2. The molecule has 0 spiro atoms. The summed E-state index contributed by atoms with van der Waals surface area (Å²) in [6.07, 6.45) is 3.58. The van der Waals surface area contributed by atoms with Crippen molar-refractivity contribution >= 4 is 11.9 Å². The van der Waals surface area contributed by atoms with Gasteiger partial charge in [-0.2, -0.15) is 0 Å². The van der Waals surface area contributed by atoms with Crippen molar-refractivity contribution in [1.29, 1.82) is 0 Å². The van der Waals surface area contributed by atoms with Crippen LogP contribution in [-0.2, 0) is 32.1 Å². The zero-order chi connectivity index (χ0) is 18.8. The second-order valence-corrected chi connectivity index (χ2v) is 5.84. The summed E-state index contributed by atoms with van der Waals surface area (Å²) < 4.78 is 10.2. The zero-order valence-corrected chi connectivity index (χ0v) is 15.0. The van der Waals surface area contributed by atoms with E-state index in [9.17, 15) is 9.59 Å². The maximum absolute atomic E-state index is 12.0. The number of ether oxygens (including phenoxy) is 2. The normalized spacial score (nSPS) is 11.8. The standard InChI is InChI=1S/C22H22O4/c1-17(13-14-19-9-5-3-6-10-19)21(23)25-15-18(2)22(24)26-16-20-11-7-4-8-12-20/h3-13,15H,14,16H2,1-2H3. The van der Waals surface area contributed by atoms with E-state index >= 15 is 0 Å². The topological polar surface area (TPSA) is 52.6 Å². The van der Waals surface area contributed by atoms with Gasteiger partial charge < -0.3 is 9.47 Å². The molecule has 0 radical (unpaired) electrons. The van der Waals surface area contributed by atoms with Crippen LogP contribution in [-0.4, -0.2) is 11.9 Å². The van der Waals surface area contributed by atoms with E-state index in [1.807, 2.05) is 60.7 Å². The molecule has 4 heteroatoms. The fourth-order valence-electron chi connectivity index (χ4n) is 2.09. The lowest BCUT2D eigenvalue weighted by Gasteiger charge is -2.05. The van der Waals surface area contributed by atoms with Crippen LogP contribution in [0.3, 0.4) is 0 Å². The predicted octanol–water partition coefficient (Wildman–Crippen LogP) is 4.37. The molecule has 134 valence electrons. The molecule has 0 heterocycles. The van der Waals surface area contributed by atoms with Gasteiger partial charge in [0.25, 0.3) is 0 Å². The molecule has 0 aromatic heterocycles. The van der Waals surface area contributed by atoms with E-state index in [2.05, 4.69) is 0 Å². The second-order valence-electron chi connectivity index (χ2n) is 5.84. The summed E-state index contributed by atoms with van der Waals surface area (Å²) in [4.78, 5) is 23.9. The highest BCUT2D eigenvalue weighted by Gasteiger charge is 2.09. The summed E-state index contributed by atoms with van der Waals surface area (Å²) >= 11 is 0. The van der Waals surface area contributed by atoms with Crippen molar-refractivity contribution in [3.8, 4) is 0 Å². The first kappa shape index (κ1) is 19.2. The number of hydrogen-bond donors (Lipinski definition) is 0. The molecule has 0 amide bonds. The van der Waals surface area contributed by atoms with E-state index in [0.717, 1.165) is 17.4 Å². The molecule has 0 saturated heterocycles. The minimum Gasteiger partial charge on any atom is -0.457 e. The monoisotopic (exact) mass is 350 g/mol. The van der Waals surface area contributed by atoms with Crippen molar-refractivity contribution in [3.63, 3.8) is 0 Å². The van der Waals surface area contributed by atoms with Gasteiger partial charge in [0.1, 0.15) is 12.9 Å². The van der Waals surface area contributed by atoms with Crippen molar-refractivity contribution in [2.45, 2.75) is 26.9 Å². The van der Waals surface area contributed by atoms with Crippen LogP contribution in [0.25, 0.3) is 0 Å². The number of rotatable bonds is 7. The highest BCUT2D eigenvalue weighted by Crippen LogP contribution is 2.07. The van der Waals surface area contributed by atoms with E-state index in [4.69, 9.17) is 9.47 Å². The minimum atomic E-state index is -0.521. The van der Waals surface area contributed by atoms with Gasteiger partial charge in [0.15, 0.2) is 0 Å². The predicted molar refractivity (Wildman–Crippen MR) is 100.0 cm³/mol. The van der Waals surface area contributed by atoms with Crippen LogP contribution < -0.4 is 0 Å². The van der Waals surface area contributed by atoms with Crippen molar-refractivity contribution in [2.24, 2.45) is 0 Å². The summed E-state index contributed by atoms with van der Waals surface area (Å²) in [5, 5.41) is 0. The van der Waals surface area contributed by atoms with Crippen LogP contribution in [0, 0.1) is 0 Å². The van der Waals surface area contributed by atoms with Gasteiger partial charge in [0, 0.05) is 5.57 Å². The summed E-state index contributed by atoms with van der Waals surface area (Å²) in [5.74, 6) is -1.01. The molecule has 26 heavy (non-hydrogen) atoms.